The van der Waals surface area contributed by atoms with Crippen molar-refractivity contribution < 1.29 is 14.2 Å². The summed E-state index contributed by atoms with van der Waals surface area (Å²) in [7, 11) is 1.69. The molecular weight excluding hydrogens is 218 g/mol. The molecule has 1 saturated heterocycles. The highest BCUT2D eigenvalue weighted by Crippen LogP contribution is 2.28. The maximum Gasteiger partial charge on any atom is 0.0707 e. The average molecular weight is 245 g/mol. The summed E-state index contributed by atoms with van der Waals surface area (Å²) in [5.41, 5.74) is 0.0790. The zero-order valence-corrected chi connectivity index (χ0v) is 11.5. The SMILES string of the molecule is COCCOCCCNCC1CCC(C)(C)O1. The van der Waals surface area contributed by atoms with Gasteiger partial charge in [-0.1, -0.05) is 0 Å². The van der Waals surface area contributed by atoms with Gasteiger partial charge in [0, 0.05) is 20.3 Å². The second-order valence-corrected chi connectivity index (χ2v) is 5.20. The number of nitrogens with one attached hydrogen (secondary N) is 1. The Bertz CT molecular complexity index is 197. The minimum atomic E-state index is 0.0790. The normalized spacial score (nSPS) is 23.1. The fourth-order valence-electron chi connectivity index (χ4n) is 2.03. The second-order valence-electron chi connectivity index (χ2n) is 5.20. The van der Waals surface area contributed by atoms with Gasteiger partial charge in [0.05, 0.1) is 24.9 Å². The zero-order valence-electron chi connectivity index (χ0n) is 11.5. The Morgan fingerprint density at radius 3 is 2.76 bits per heavy atom. The molecule has 1 heterocycles. The van der Waals surface area contributed by atoms with Crippen molar-refractivity contribution in [3.05, 3.63) is 0 Å². The van der Waals surface area contributed by atoms with Crippen molar-refractivity contribution in [1.29, 1.82) is 0 Å². The van der Waals surface area contributed by atoms with Crippen molar-refractivity contribution in [3.63, 3.8) is 0 Å². The van der Waals surface area contributed by atoms with E-state index in [1.165, 1.54) is 12.8 Å². The third kappa shape index (κ3) is 6.99. The van der Waals surface area contributed by atoms with Crippen LogP contribution in [0.3, 0.4) is 0 Å². The largest absolute Gasteiger partial charge is 0.382 e. The first kappa shape index (κ1) is 14.9. The standard InChI is InChI=1S/C13H27NO3/c1-13(2)6-5-12(17-13)11-14-7-4-8-16-10-9-15-3/h12,14H,4-11H2,1-3H3. The number of ether oxygens (including phenoxy) is 3. The molecule has 1 aliphatic heterocycles. The van der Waals surface area contributed by atoms with Gasteiger partial charge in [0.25, 0.3) is 0 Å². The average Bonchev–Trinajstić information content (AvgIpc) is 2.62. The molecule has 0 spiro atoms. The first-order valence-corrected chi connectivity index (χ1v) is 6.59. The lowest BCUT2D eigenvalue weighted by atomic mass is 10.1. The fraction of sp³-hybridized carbons (Fsp3) is 1.00. The molecule has 17 heavy (non-hydrogen) atoms. The maximum absolute atomic E-state index is 5.90. The van der Waals surface area contributed by atoms with E-state index in [9.17, 15) is 0 Å². The van der Waals surface area contributed by atoms with Crippen LogP contribution >= 0.6 is 0 Å². The monoisotopic (exact) mass is 245 g/mol. The summed E-state index contributed by atoms with van der Waals surface area (Å²) in [4.78, 5) is 0. The molecule has 0 bridgehead atoms. The molecule has 0 aromatic heterocycles. The molecule has 0 aromatic rings. The van der Waals surface area contributed by atoms with Gasteiger partial charge in [0.2, 0.25) is 0 Å². The molecule has 1 atom stereocenters. The molecule has 1 fully saturated rings. The Kier molecular flexibility index (Phi) is 7.04. The quantitative estimate of drug-likeness (QED) is 0.626. The van der Waals surface area contributed by atoms with E-state index in [-0.39, 0.29) is 5.60 Å². The summed E-state index contributed by atoms with van der Waals surface area (Å²) < 4.78 is 16.2. The van der Waals surface area contributed by atoms with E-state index in [1.54, 1.807) is 7.11 Å². The summed E-state index contributed by atoms with van der Waals surface area (Å²) in [5.74, 6) is 0. The Morgan fingerprint density at radius 2 is 2.12 bits per heavy atom. The summed E-state index contributed by atoms with van der Waals surface area (Å²) in [5, 5.41) is 3.42. The van der Waals surface area contributed by atoms with Crippen LogP contribution < -0.4 is 5.32 Å². The van der Waals surface area contributed by atoms with Crippen molar-refractivity contribution in [2.24, 2.45) is 0 Å². The van der Waals surface area contributed by atoms with Crippen LogP contribution in [0.1, 0.15) is 33.1 Å². The van der Waals surface area contributed by atoms with E-state index >= 15 is 0 Å². The zero-order chi connectivity index (χ0) is 12.6. The highest BCUT2D eigenvalue weighted by atomic mass is 16.5. The molecule has 1 unspecified atom stereocenters. The van der Waals surface area contributed by atoms with Crippen LogP contribution in [-0.4, -0.2) is 51.7 Å². The molecule has 1 rings (SSSR count). The van der Waals surface area contributed by atoms with Crippen LogP contribution in [0.4, 0.5) is 0 Å². The van der Waals surface area contributed by atoms with Gasteiger partial charge in [0.15, 0.2) is 0 Å². The van der Waals surface area contributed by atoms with Gasteiger partial charge in [-0.05, 0) is 39.7 Å². The lowest BCUT2D eigenvalue weighted by Gasteiger charge is -2.19. The molecule has 0 aromatic carbocycles. The van der Waals surface area contributed by atoms with Gasteiger partial charge in [-0.3, -0.25) is 0 Å². The van der Waals surface area contributed by atoms with E-state index in [1.807, 2.05) is 0 Å². The van der Waals surface area contributed by atoms with E-state index in [4.69, 9.17) is 14.2 Å². The summed E-state index contributed by atoms with van der Waals surface area (Å²) in [6.45, 7) is 8.45. The lowest BCUT2D eigenvalue weighted by molar-refractivity contribution is -0.0143. The van der Waals surface area contributed by atoms with Crippen LogP contribution in [0.2, 0.25) is 0 Å². The highest BCUT2D eigenvalue weighted by Gasteiger charge is 2.30. The Balaban J connectivity index is 1.85. The molecule has 0 aliphatic carbocycles. The maximum atomic E-state index is 5.90. The van der Waals surface area contributed by atoms with Gasteiger partial charge < -0.3 is 19.5 Å². The van der Waals surface area contributed by atoms with Gasteiger partial charge in [-0.2, -0.15) is 0 Å². The number of methoxy groups -OCH3 is 1. The van der Waals surface area contributed by atoms with Gasteiger partial charge in [-0.25, -0.2) is 0 Å². The van der Waals surface area contributed by atoms with Crippen molar-refractivity contribution in [3.8, 4) is 0 Å². The van der Waals surface area contributed by atoms with Crippen molar-refractivity contribution in [1.82, 2.24) is 5.32 Å². The fourth-order valence-corrected chi connectivity index (χ4v) is 2.03. The third-order valence-electron chi connectivity index (χ3n) is 3.00. The van der Waals surface area contributed by atoms with Crippen molar-refractivity contribution in [2.45, 2.75) is 44.8 Å². The smallest absolute Gasteiger partial charge is 0.0707 e. The summed E-state index contributed by atoms with van der Waals surface area (Å²) in [6.07, 6.45) is 3.77. The van der Waals surface area contributed by atoms with Crippen LogP contribution in [-0.2, 0) is 14.2 Å². The highest BCUT2D eigenvalue weighted by molar-refractivity contribution is 4.81. The van der Waals surface area contributed by atoms with E-state index in [0.717, 1.165) is 26.1 Å². The summed E-state index contributed by atoms with van der Waals surface area (Å²) in [6, 6.07) is 0. The van der Waals surface area contributed by atoms with Crippen LogP contribution in [0.5, 0.6) is 0 Å². The van der Waals surface area contributed by atoms with Crippen molar-refractivity contribution in [2.75, 3.05) is 40.0 Å². The molecule has 0 amide bonds. The molecule has 1 aliphatic rings. The van der Waals surface area contributed by atoms with Gasteiger partial charge >= 0.3 is 0 Å². The number of hydrogen-bond donors (Lipinski definition) is 1. The Morgan fingerprint density at radius 1 is 1.29 bits per heavy atom. The van der Waals surface area contributed by atoms with E-state index in [2.05, 4.69) is 19.2 Å². The lowest BCUT2D eigenvalue weighted by Crippen LogP contribution is -2.30. The van der Waals surface area contributed by atoms with Gasteiger partial charge in [0.1, 0.15) is 0 Å². The molecular formula is C13H27NO3. The predicted molar refractivity (Wildman–Crippen MR) is 68.4 cm³/mol. The molecule has 4 nitrogen and oxygen atoms in total. The molecule has 1 N–H and O–H groups in total. The summed E-state index contributed by atoms with van der Waals surface area (Å²) >= 11 is 0. The van der Waals surface area contributed by atoms with Crippen LogP contribution in [0.15, 0.2) is 0 Å². The van der Waals surface area contributed by atoms with Crippen LogP contribution in [0.25, 0.3) is 0 Å². The molecule has 4 heteroatoms. The second kappa shape index (κ2) is 8.03. The first-order chi connectivity index (χ1) is 8.14. The molecule has 0 saturated carbocycles. The van der Waals surface area contributed by atoms with Crippen LogP contribution in [0, 0.1) is 0 Å². The topological polar surface area (TPSA) is 39.7 Å². The van der Waals surface area contributed by atoms with Crippen molar-refractivity contribution >= 4 is 0 Å². The van der Waals surface area contributed by atoms with E-state index < -0.39 is 0 Å². The minimum Gasteiger partial charge on any atom is -0.382 e. The molecule has 0 radical (unpaired) electrons. The Hall–Kier alpha value is -0.160. The van der Waals surface area contributed by atoms with Gasteiger partial charge in [-0.15, -0.1) is 0 Å². The Labute approximate surface area is 105 Å². The predicted octanol–water partition coefficient (Wildman–Crippen LogP) is 1.59. The third-order valence-corrected chi connectivity index (χ3v) is 3.00. The first-order valence-electron chi connectivity index (χ1n) is 6.59. The number of rotatable bonds is 9. The minimum absolute atomic E-state index is 0.0790. The number of hydrogen-bond acceptors (Lipinski definition) is 4. The van der Waals surface area contributed by atoms with E-state index in [0.29, 0.717) is 19.3 Å². The molecule has 102 valence electrons.